The van der Waals surface area contributed by atoms with Gasteiger partial charge in [-0.1, -0.05) is 6.92 Å². The summed E-state index contributed by atoms with van der Waals surface area (Å²) in [7, 11) is -3.88. The first-order valence-corrected chi connectivity index (χ1v) is 9.46. The number of carbonyl (C=O) groups is 3. The summed E-state index contributed by atoms with van der Waals surface area (Å²) in [4.78, 5) is 35.6. The maximum absolute atomic E-state index is 12.4. The van der Waals surface area contributed by atoms with Gasteiger partial charge in [0.1, 0.15) is 6.04 Å². The van der Waals surface area contributed by atoms with Gasteiger partial charge < -0.3 is 11.1 Å². The van der Waals surface area contributed by atoms with Gasteiger partial charge >= 0.3 is 0 Å². The largest absolute Gasteiger partial charge is 0.369 e. The lowest BCUT2D eigenvalue weighted by atomic mass is 10.0. The molecule has 0 spiro atoms. The van der Waals surface area contributed by atoms with Crippen molar-refractivity contribution in [1.29, 1.82) is 0 Å². The predicted octanol–water partition coefficient (Wildman–Crippen LogP) is -0.614. The van der Waals surface area contributed by atoms with Gasteiger partial charge in [-0.15, -0.1) is 0 Å². The molecule has 2 amide bonds. The van der Waals surface area contributed by atoms with E-state index in [1.807, 2.05) is 6.92 Å². The SMILES string of the molecule is C[C@@H]1CC[C@H](N(C(=O)CC[C@H](C)C(N)=O)S(C)(=O)=O)C(=O)CN1. The highest BCUT2D eigenvalue weighted by atomic mass is 32.2. The first kappa shape index (κ1) is 19.6. The van der Waals surface area contributed by atoms with Crippen molar-refractivity contribution >= 4 is 27.6 Å². The second-order valence-corrected chi connectivity index (χ2v) is 8.00. The first-order valence-electron chi connectivity index (χ1n) is 7.61. The van der Waals surface area contributed by atoms with Crippen molar-refractivity contribution in [2.45, 2.75) is 51.6 Å². The summed E-state index contributed by atoms with van der Waals surface area (Å²) in [5, 5.41) is 2.99. The van der Waals surface area contributed by atoms with Crippen LogP contribution in [0.3, 0.4) is 0 Å². The highest BCUT2D eigenvalue weighted by Crippen LogP contribution is 2.19. The third kappa shape index (κ3) is 5.58. The molecule has 1 heterocycles. The van der Waals surface area contributed by atoms with Crippen LogP contribution in [0.25, 0.3) is 0 Å². The van der Waals surface area contributed by atoms with Crippen molar-refractivity contribution in [1.82, 2.24) is 9.62 Å². The van der Waals surface area contributed by atoms with Crippen LogP contribution < -0.4 is 11.1 Å². The number of nitrogens with one attached hydrogen (secondary N) is 1. The molecule has 1 aliphatic heterocycles. The lowest BCUT2D eigenvalue weighted by molar-refractivity contribution is -0.134. The molecule has 1 fully saturated rings. The number of amides is 2. The Balaban J connectivity index is 2.94. The minimum absolute atomic E-state index is 0.0306. The van der Waals surface area contributed by atoms with Gasteiger partial charge in [-0.3, -0.25) is 14.4 Å². The number of ketones is 1. The van der Waals surface area contributed by atoms with Crippen molar-refractivity contribution in [2.24, 2.45) is 11.7 Å². The van der Waals surface area contributed by atoms with Crippen molar-refractivity contribution in [3.8, 4) is 0 Å². The summed E-state index contributed by atoms with van der Waals surface area (Å²) in [5.74, 6) is -2.08. The molecular weight excluding hydrogens is 322 g/mol. The maximum Gasteiger partial charge on any atom is 0.236 e. The monoisotopic (exact) mass is 347 g/mol. The fourth-order valence-corrected chi connectivity index (χ4v) is 3.64. The normalized spacial score (nSPS) is 23.9. The van der Waals surface area contributed by atoms with Crippen molar-refractivity contribution in [3.63, 3.8) is 0 Å². The molecule has 0 saturated carbocycles. The zero-order chi connectivity index (χ0) is 17.8. The summed E-state index contributed by atoms with van der Waals surface area (Å²) < 4.78 is 24.7. The van der Waals surface area contributed by atoms with Gasteiger partial charge in [-0.25, -0.2) is 12.7 Å². The van der Waals surface area contributed by atoms with Crippen LogP contribution in [0.15, 0.2) is 0 Å². The smallest absolute Gasteiger partial charge is 0.236 e. The van der Waals surface area contributed by atoms with Gasteiger partial charge in [0.2, 0.25) is 21.8 Å². The van der Waals surface area contributed by atoms with Gasteiger partial charge in [-0.05, 0) is 26.2 Å². The Morgan fingerprint density at radius 2 is 2.00 bits per heavy atom. The summed E-state index contributed by atoms with van der Waals surface area (Å²) in [5.41, 5.74) is 5.14. The summed E-state index contributed by atoms with van der Waals surface area (Å²) in [6, 6.07) is -0.908. The van der Waals surface area contributed by atoms with Gasteiger partial charge in [0, 0.05) is 18.4 Å². The number of Topliss-reactive ketones (excluding diaryl/α,β-unsaturated/α-hetero) is 1. The molecule has 1 aliphatic rings. The Labute approximate surface area is 136 Å². The predicted molar refractivity (Wildman–Crippen MR) is 84.8 cm³/mol. The number of nitrogens with two attached hydrogens (primary N) is 1. The summed E-state index contributed by atoms with van der Waals surface area (Å²) in [6.45, 7) is 3.50. The van der Waals surface area contributed by atoms with Crippen LogP contribution in [0.1, 0.15) is 39.5 Å². The lowest BCUT2D eigenvalue weighted by Gasteiger charge is -2.28. The molecular formula is C14H25N3O5S. The standard InChI is InChI=1S/C14H25N3O5S/c1-9(14(15)20)4-7-13(19)17(23(3,21)22)11-6-5-10(2)16-8-12(11)18/h9-11,16H,4-8H2,1-3H3,(H2,15,20)/t9-,10+,11-/m0/s1. The van der Waals surface area contributed by atoms with Crippen LogP contribution in [-0.2, 0) is 24.4 Å². The Kier molecular flexibility index (Phi) is 6.69. The van der Waals surface area contributed by atoms with Gasteiger partial charge in [0.25, 0.3) is 0 Å². The average molecular weight is 347 g/mol. The molecule has 1 saturated heterocycles. The molecule has 9 heteroatoms. The van der Waals surface area contributed by atoms with Crippen molar-refractivity contribution in [3.05, 3.63) is 0 Å². The first-order chi connectivity index (χ1) is 10.5. The van der Waals surface area contributed by atoms with E-state index in [9.17, 15) is 22.8 Å². The number of primary amides is 1. The minimum Gasteiger partial charge on any atom is -0.369 e. The molecule has 8 nitrogen and oxygen atoms in total. The van der Waals surface area contributed by atoms with E-state index < -0.39 is 33.8 Å². The van der Waals surface area contributed by atoms with E-state index in [1.165, 1.54) is 0 Å². The Morgan fingerprint density at radius 3 is 2.52 bits per heavy atom. The second kappa shape index (κ2) is 7.87. The second-order valence-electron chi connectivity index (χ2n) is 6.14. The van der Waals surface area contributed by atoms with Crippen molar-refractivity contribution < 1.29 is 22.8 Å². The molecule has 1 rings (SSSR count). The van der Waals surface area contributed by atoms with Gasteiger partial charge in [0.05, 0.1) is 12.8 Å². The molecule has 3 atom stereocenters. The third-order valence-electron chi connectivity index (χ3n) is 4.03. The van der Waals surface area contributed by atoms with Crippen LogP contribution in [-0.4, -0.2) is 55.2 Å². The molecule has 0 aromatic carbocycles. The van der Waals surface area contributed by atoms with Crippen molar-refractivity contribution in [2.75, 3.05) is 12.8 Å². The topological polar surface area (TPSA) is 127 Å². The third-order valence-corrected chi connectivity index (χ3v) is 5.21. The highest BCUT2D eigenvalue weighted by molar-refractivity contribution is 7.88. The molecule has 0 aromatic rings. The molecule has 23 heavy (non-hydrogen) atoms. The van der Waals surface area contributed by atoms with Gasteiger partial charge in [-0.2, -0.15) is 0 Å². The Morgan fingerprint density at radius 1 is 1.39 bits per heavy atom. The van der Waals surface area contributed by atoms with E-state index in [0.29, 0.717) is 10.7 Å². The zero-order valence-corrected chi connectivity index (χ0v) is 14.6. The summed E-state index contributed by atoms with van der Waals surface area (Å²) in [6.07, 6.45) is 1.79. The average Bonchev–Trinajstić information content (AvgIpc) is 2.58. The number of nitrogens with zero attached hydrogens (tertiary/aromatic N) is 1. The molecule has 0 aliphatic carbocycles. The van der Waals surface area contributed by atoms with E-state index in [1.54, 1.807) is 6.92 Å². The quantitative estimate of drug-likeness (QED) is 0.660. The maximum atomic E-state index is 12.4. The zero-order valence-electron chi connectivity index (χ0n) is 13.7. The number of carbonyl (C=O) groups excluding carboxylic acids is 3. The van der Waals surface area contributed by atoms with E-state index in [0.717, 1.165) is 6.26 Å². The fourth-order valence-electron chi connectivity index (χ4n) is 2.49. The van der Waals surface area contributed by atoms with Crippen LogP contribution in [0.2, 0.25) is 0 Å². The minimum atomic E-state index is -3.88. The van der Waals surface area contributed by atoms with Crippen LogP contribution in [0.4, 0.5) is 0 Å². The number of hydrogen-bond acceptors (Lipinski definition) is 6. The van der Waals surface area contributed by atoms with Crippen LogP contribution in [0.5, 0.6) is 0 Å². The lowest BCUT2D eigenvalue weighted by Crippen LogP contribution is -2.49. The molecule has 0 unspecified atom stereocenters. The van der Waals surface area contributed by atoms with E-state index in [-0.39, 0.29) is 37.6 Å². The van der Waals surface area contributed by atoms with Crippen LogP contribution >= 0.6 is 0 Å². The highest BCUT2D eigenvalue weighted by Gasteiger charge is 2.37. The van der Waals surface area contributed by atoms with Gasteiger partial charge in [0.15, 0.2) is 5.78 Å². The fraction of sp³-hybridized carbons (Fsp3) is 0.786. The number of rotatable bonds is 6. The number of hydrogen-bond donors (Lipinski definition) is 2. The molecule has 0 aromatic heterocycles. The Hall–Kier alpha value is -1.48. The van der Waals surface area contributed by atoms with Crippen LogP contribution in [0, 0.1) is 5.92 Å². The molecule has 3 N–H and O–H groups in total. The van der Waals surface area contributed by atoms with E-state index in [2.05, 4.69) is 5.32 Å². The van der Waals surface area contributed by atoms with E-state index >= 15 is 0 Å². The molecule has 0 radical (unpaired) electrons. The Bertz CT molecular complexity index is 575. The number of sulfonamides is 1. The molecule has 0 bridgehead atoms. The van der Waals surface area contributed by atoms with E-state index in [4.69, 9.17) is 5.73 Å². The molecule has 132 valence electrons. The summed E-state index contributed by atoms with van der Waals surface area (Å²) >= 11 is 0.